The fraction of sp³-hybridized carbons (Fsp3) is 0.400. The Balaban J connectivity index is 2.47. The van der Waals surface area contributed by atoms with Crippen molar-refractivity contribution in [3.8, 4) is 0 Å². The summed E-state index contributed by atoms with van der Waals surface area (Å²) in [4.78, 5) is 15.1. The van der Waals surface area contributed by atoms with Crippen LogP contribution in [0.1, 0.15) is 15.9 Å². The summed E-state index contributed by atoms with van der Waals surface area (Å²) in [6.07, 6.45) is -1.56. The molecule has 0 aromatic carbocycles. The van der Waals surface area contributed by atoms with E-state index in [0.29, 0.717) is 0 Å². The maximum absolute atomic E-state index is 11.7. The molecule has 1 aromatic rings. The van der Waals surface area contributed by atoms with E-state index < -0.39 is 25.2 Å². The molecule has 0 radical (unpaired) electrons. The lowest BCUT2D eigenvalue weighted by atomic mass is 10.1. The van der Waals surface area contributed by atoms with Crippen molar-refractivity contribution < 1.29 is 22.7 Å². The third kappa shape index (κ3) is 4.39. The van der Waals surface area contributed by atoms with Crippen LogP contribution in [0, 0.1) is 6.92 Å². The van der Waals surface area contributed by atoms with Gasteiger partial charge in [-0.15, -0.1) is 0 Å². The summed E-state index contributed by atoms with van der Waals surface area (Å²) in [6, 6.07) is 1.55. The van der Waals surface area contributed by atoms with E-state index in [9.17, 15) is 18.0 Å². The molecule has 0 amide bonds. The lowest BCUT2D eigenvalue weighted by molar-refractivity contribution is -0.170. The molecule has 6 heteroatoms. The second-order valence-electron chi connectivity index (χ2n) is 3.28. The van der Waals surface area contributed by atoms with Gasteiger partial charge in [0.1, 0.15) is 13.2 Å². The number of rotatable bonds is 4. The lowest BCUT2D eigenvalue weighted by Gasteiger charge is -2.06. The molecule has 0 atom stereocenters. The number of pyridine rings is 1. The minimum Gasteiger partial charge on any atom is -0.364 e. The monoisotopic (exact) mass is 233 g/mol. The van der Waals surface area contributed by atoms with Crippen LogP contribution >= 0.6 is 0 Å². The van der Waals surface area contributed by atoms with Crippen molar-refractivity contribution in [3.63, 3.8) is 0 Å². The van der Waals surface area contributed by atoms with Crippen LogP contribution in [-0.2, 0) is 4.74 Å². The van der Waals surface area contributed by atoms with Crippen LogP contribution in [0.3, 0.4) is 0 Å². The van der Waals surface area contributed by atoms with Gasteiger partial charge in [-0.05, 0) is 18.6 Å². The number of alkyl halides is 3. The van der Waals surface area contributed by atoms with Crippen LogP contribution in [-0.4, -0.2) is 30.2 Å². The van der Waals surface area contributed by atoms with E-state index in [0.717, 1.165) is 5.56 Å². The summed E-state index contributed by atoms with van der Waals surface area (Å²) in [5.74, 6) is -0.513. The first kappa shape index (κ1) is 12.6. The fourth-order valence-corrected chi connectivity index (χ4v) is 1.05. The molecule has 3 nitrogen and oxygen atoms in total. The summed E-state index contributed by atoms with van der Waals surface area (Å²) in [6.45, 7) is -0.275. The Labute approximate surface area is 90.2 Å². The van der Waals surface area contributed by atoms with Crippen molar-refractivity contribution in [2.75, 3.05) is 13.2 Å². The highest BCUT2D eigenvalue weighted by Gasteiger charge is 2.27. The third-order valence-corrected chi connectivity index (χ3v) is 1.70. The van der Waals surface area contributed by atoms with Crippen molar-refractivity contribution in [1.29, 1.82) is 0 Å². The Morgan fingerprint density at radius 3 is 2.69 bits per heavy atom. The first-order valence-electron chi connectivity index (χ1n) is 4.48. The smallest absolute Gasteiger partial charge is 0.364 e. The highest BCUT2D eigenvalue weighted by atomic mass is 19.4. The highest BCUT2D eigenvalue weighted by Crippen LogP contribution is 2.14. The highest BCUT2D eigenvalue weighted by molar-refractivity contribution is 5.96. The van der Waals surface area contributed by atoms with Crippen LogP contribution in [0.25, 0.3) is 0 Å². The van der Waals surface area contributed by atoms with E-state index >= 15 is 0 Å². The standard InChI is InChI=1S/C10H10F3NO2/c1-7-2-8(4-14-3-7)9(15)5-16-6-10(11,12)13/h2-4H,5-6H2,1H3. The van der Waals surface area contributed by atoms with Gasteiger partial charge < -0.3 is 4.74 Å². The number of nitrogens with zero attached hydrogens (tertiary/aromatic N) is 1. The molecule has 0 N–H and O–H groups in total. The molecule has 88 valence electrons. The number of Topliss-reactive ketones (excluding diaryl/α,β-unsaturated/α-hetero) is 1. The molecule has 0 fully saturated rings. The van der Waals surface area contributed by atoms with Gasteiger partial charge in [-0.2, -0.15) is 13.2 Å². The number of carbonyl (C=O) groups is 1. The fourth-order valence-electron chi connectivity index (χ4n) is 1.05. The van der Waals surface area contributed by atoms with E-state index in [1.807, 2.05) is 0 Å². The van der Waals surface area contributed by atoms with Crippen LogP contribution in [0.4, 0.5) is 13.2 Å². The molecule has 0 aliphatic carbocycles. The lowest BCUT2D eigenvalue weighted by Crippen LogP contribution is -2.20. The number of ketones is 1. The topological polar surface area (TPSA) is 39.2 Å². The maximum atomic E-state index is 11.7. The summed E-state index contributed by atoms with van der Waals surface area (Å²) in [5, 5.41) is 0. The first-order valence-corrected chi connectivity index (χ1v) is 4.48. The van der Waals surface area contributed by atoms with Crippen LogP contribution in [0.2, 0.25) is 0 Å². The minimum absolute atomic E-state index is 0.252. The Morgan fingerprint density at radius 2 is 2.12 bits per heavy atom. The molecule has 0 aliphatic heterocycles. The summed E-state index contributed by atoms with van der Waals surface area (Å²) in [5.41, 5.74) is 1.02. The van der Waals surface area contributed by atoms with Crippen molar-refractivity contribution in [3.05, 3.63) is 29.6 Å². The number of halogens is 3. The van der Waals surface area contributed by atoms with E-state index in [1.165, 1.54) is 6.20 Å². The number of carbonyl (C=O) groups excluding carboxylic acids is 1. The van der Waals surface area contributed by atoms with Crippen molar-refractivity contribution >= 4 is 5.78 Å². The van der Waals surface area contributed by atoms with Crippen LogP contribution in [0.15, 0.2) is 18.5 Å². The van der Waals surface area contributed by atoms with Crippen molar-refractivity contribution in [2.45, 2.75) is 13.1 Å². The molecule has 0 spiro atoms. The Hall–Kier alpha value is -1.43. The van der Waals surface area contributed by atoms with Crippen LogP contribution in [0.5, 0.6) is 0 Å². The van der Waals surface area contributed by atoms with Crippen LogP contribution < -0.4 is 0 Å². The average molecular weight is 233 g/mol. The second-order valence-corrected chi connectivity index (χ2v) is 3.28. The number of aryl methyl sites for hydroxylation is 1. The molecule has 0 bridgehead atoms. The maximum Gasteiger partial charge on any atom is 0.411 e. The van der Waals surface area contributed by atoms with Gasteiger partial charge in [0.25, 0.3) is 0 Å². The molecule has 0 aliphatic rings. The van der Waals surface area contributed by atoms with Gasteiger partial charge in [0.15, 0.2) is 5.78 Å². The number of hydrogen-bond donors (Lipinski definition) is 0. The van der Waals surface area contributed by atoms with Gasteiger partial charge in [-0.25, -0.2) is 0 Å². The largest absolute Gasteiger partial charge is 0.411 e. The third-order valence-electron chi connectivity index (χ3n) is 1.70. The van der Waals surface area contributed by atoms with Gasteiger partial charge in [-0.1, -0.05) is 0 Å². The molecule has 1 aromatic heterocycles. The predicted molar refractivity (Wildman–Crippen MR) is 50.2 cm³/mol. The number of ether oxygens (including phenoxy) is 1. The van der Waals surface area contributed by atoms with Crippen molar-refractivity contribution in [2.24, 2.45) is 0 Å². The zero-order valence-corrected chi connectivity index (χ0v) is 8.54. The van der Waals surface area contributed by atoms with Gasteiger partial charge in [-0.3, -0.25) is 9.78 Å². The molecular weight excluding hydrogens is 223 g/mol. The molecule has 1 rings (SSSR count). The van der Waals surface area contributed by atoms with Gasteiger partial charge in [0.05, 0.1) is 0 Å². The quantitative estimate of drug-likeness (QED) is 0.748. The zero-order chi connectivity index (χ0) is 12.2. The molecular formula is C10H10F3NO2. The summed E-state index contributed by atoms with van der Waals surface area (Å²) in [7, 11) is 0. The predicted octanol–water partition coefficient (Wildman–Crippen LogP) is 2.15. The zero-order valence-electron chi connectivity index (χ0n) is 8.54. The Morgan fingerprint density at radius 1 is 1.44 bits per heavy atom. The van der Waals surface area contributed by atoms with E-state index in [-0.39, 0.29) is 5.56 Å². The molecule has 0 saturated heterocycles. The van der Waals surface area contributed by atoms with E-state index in [4.69, 9.17) is 0 Å². The average Bonchev–Trinajstić information content (AvgIpc) is 2.15. The molecule has 0 saturated carbocycles. The second kappa shape index (κ2) is 5.07. The number of hydrogen-bond acceptors (Lipinski definition) is 3. The van der Waals surface area contributed by atoms with E-state index in [1.54, 1.807) is 19.2 Å². The first-order chi connectivity index (χ1) is 7.38. The van der Waals surface area contributed by atoms with Gasteiger partial charge >= 0.3 is 6.18 Å². The molecule has 0 unspecified atom stereocenters. The normalized spacial score (nSPS) is 11.5. The minimum atomic E-state index is -4.41. The number of aromatic nitrogens is 1. The SMILES string of the molecule is Cc1cncc(C(=O)COCC(F)(F)F)c1. The molecule has 16 heavy (non-hydrogen) atoms. The summed E-state index contributed by atoms with van der Waals surface area (Å²) < 4.78 is 39.4. The molecule has 1 heterocycles. The Kier molecular flexibility index (Phi) is 4.00. The van der Waals surface area contributed by atoms with Crippen molar-refractivity contribution in [1.82, 2.24) is 4.98 Å². The van der Waals surface area contributed by atoms with E-state index in [2.05, 4.69) is 9.72 Å². The van der Waals surface area contributed by atoms with Gasteiger partial charge in [0, 0.05) is 18.0 Å². The Bertz CT molecular complexity index is 377. The van der Waals surface area contributed by atoms with Gasteiger partial charge in [0.2, 0.25) is 0 Å². The summed E-state index contributed by atoms with van der Waals surface area (Å²) >= 11 is 0.